The fraction of sp³-hybridized carbons (Fsp3) is 0.188. The minimum atomic E-state index is -3.68. The van der Waals surface area contributed by atoms with Crippen molar-refractivity contribution < 1.29 is 8.42 Å². The van der Waals surface area contributed by atoms with E-state index in [1.165, 1.54) is 0 Å². The highest BCUT2D eigenvalue weighted by Gasteiger charge is 2.30. The van der Waals surface area contributed by atoms with Gasteiger partial charge in [-0.2, -0.15) is 0 Å². The first-order valence-corrected chi connectivity index (χ1v) is 8.58. The van der Waals surface area contributed by atoms with Crippen LogP contribution in [0.1, 0.15) is 24.1 Å². The molecule has 0 aliphatic heterocycles. The number of sulfonamides is 1. The summed E-state index contributed by atoms with van der Waals surface area (Å²) in [6.45, 7) is 1.63. The maximum atomic E-state index is 11.9. The molecule has 3 rings (SSSR count). The lowest BCUT2D eigenvalue weighted by atomic mass is 9.93. The number of hydrogen-bond donors (Lipinski definition) is 2. The van der Waals surface area contributed by atoms with Gasteiger partial charge in [0.25, 0.3) is 0 Å². The molecule has 0 aliphatic rings. The monoisotopic (exact) mass is 315 g/mol. The molecule has 0 saturated carbocycles. The molecule has 3 aromatic rings. The number of aromatic amines is 1. The number of nitrogens with zero attached hydrogens (tertiary/aromatic N) is 1. The Balaban J connectivity index is 2.16. The molecule has 5 nitrogen and oxygen atoms in total. The number of primary sulfonamides is 1. The molecular formula is C16H17N3O2S. The van der Waals surface area contributed by atoms with E-state index in [1.54, 1.807) is 13.1 Å². The maximum Gasteiger partial charge on any atom is 0.212 e. The minimum Gasteiger partial charge on any atom is -0.357 e. The summed E-state index contributed by atoms with van der Waals surface area (Å²) in [5.41, 5.74) is 3.37. The van der Waals surface area contributed by atoms with E-state index in [9.17, 15) is 8.42 Å². The Morgan fingerprint density at radius 1 is 1.14 bits per heavy atom. The van der Waals surface area contributed by atoms with Crippen LogP contribution in [0.5, 0.6) is 0 Å². The lowest BCUT2D eigenvalue weighted by Crippen LogP contribution is -2.32. The Labute approximate surface area is 129 Å². The Morgan fingerprint density at radius 3 is 2.50 bits per heavy atom. The summed E-state index contributed by atoms with van der Waals surface area (Å²) >= 11 is 0. The van der Waals surface area contributed by atoms with Crippen LogP contribution in [0.25, 0.3) is 11.0 Å². The van der Waals surface area contributed by atoms with Crippen molar-refractivity contribution in [3.63, 3.8) is 0 Å². The van der Waals surface area contributed by atoms with Crippen LogP contribution in [0.15, 0.2) is 54.7 Å². The average Bonchev–Trinajstić information content (AvgIpc) is 2.91. The van der Waals surface area contributed by atoms with Gasteiger partial charge in [-0.25, -0.2) is 13.6 Å². The second kappa shape index (κ2) is 5.55. The molecule has 3 N–H and O–H groups in total. The van der Waals surface area contributed by atoms with Crippen LogP contribution in [0.4, 0.5) is 0 Å². The topological polar surface area (TPSA) is 88.8 Å². The Hall–Kier alpha value is -2.18. The van der Waals surface area contributed by atoms with Crippen molar-refractivity contribution in [2.75, 3.05) is 0 Å². The molecule has 2 atom stereocenters. The molecule has 0 saturated heterocycles. The third kappa shape index (κ3) is 2.75. The Bertz CT molecular complexity index is 855. The summed E-state index contributed by atoms with van der Waals surface area (Å²) in [6.07, 6.45) is 1.71. The molecule has 2 unspecified atom stereocenters. The smallest absolute Gasteiger partial charge is 0.212 e. The second-order valence-corrected chi connectivity index (χ2v) is 7.26. The molecule has 2 aromatic heterocycles. The van der Waals surface area contributed by atoms with Crippen molar-refractivity contribution in [2.45, 2.75) is 18.1 Å². The summed E-state index contributed by atoms with van der Waals surface area (Å²) in [5.74, 6) is -0.370. The fourth-order valence-corrected chi connectivity index (χ4v) is 3.38. The van der Waals surface area contributed by atoms with Crippen molar-refractivity contribution in [3.05, 3.63) is 66.0 Å². The maximum absolute atomic E-state index is 11.9. The van der Waals surface area contributed by atoms with Gasteiger partial charge in [-0.15, -0.1) is 0 Å². The molecule has 0 aliphatic carbocycles. The summed E-state index contributed by atoms with van der Waals surface area (Å²) in [7, 11) is -3.68. The van der Waals surface area contributed by atoms with Gasteiger partial charge in [0.15, 0.2) is 0 Å². The third-order valence-electron chi connectivity index (χ3n) is 3.89. The van der Waals surface area contributed by atoms with Gasteiger partial charge in [-0.1, -0.05) is 30.3 Å². The molecule has 0 fully saturated rings. The molecular weight excluding hydrogens is 298 g/mol. The fourth-order valence-electron chi connectivity index (χ4n) is 2.70. The summed E-state index contributed by atoms with van der Waals surface area (Å²) < 4.78 is 23.8. The zero-order chi connectivity index (χ0) is 15.7. The van der Waals surface area contributed by atoms with Gasteiger partial charge in [0.05, 0.1) is 16.3 Å². The zero-order valence-electron chi connectivity index (χ0n) is 12.1. The SMILES string of the molecule is CC(C(c1ccccc1)c1cc2ncccc2[nH]1)S(N)(=O)=O. The van der Waals surface area contributed by atoms with Gasteiger partial charge in [0, 0.05) is 17.8 Å². The number of nitrogens with two attached hydrogens (primary N) is 1. The van der Waals surface area contributed by atoms with Crippen molar-refractivity contribution in [1.29, 1.82) is 0 Å². The van der Waals surface area contributed by atoms with Gasteiger partial charge < -0.3 is 4.98 Å². The van der Waals surface area contributed by atoms with E-state index >= 15 is 0 Å². The van der Waals surface area contributed by atoms with Crippen molar-refractivity contribution >= 4 is 21.1 Å². The number of pyridine rings is 1. The number of rotatable bonds is 4. The summed E-state index contributed by atoms with van der Waals surface area (Å²) in [4.78, 5) is 7.55. The molecule has 0 radical (unpaired) electrons. The van der Waals surface area contributed by atoms with Crippen LogP contribution in [-0.4, -0.2) is 23.6 Å². The lowest BCUT2D eigenvalue weighted by molar-refractivity contribution is 0.574. The van der Waals surface area contributed by atoms with Crippen LogP contribution in [-0.2, 0) is 10.0 Å². The highest BCUT2D eigenvalue weighted by Crippen LogP contribution is 2.31. The second-order valence-electron chi connectivity index (χ2n) is 5.34. The molecule has 22 heavy (non-hydrogen) atoms. The minimum absolute atomic E-state index is 0.370. The number of hydrogen-bond acceptors (Lipinski definition) is 3. The molecule has 0 bridgehead atoms. The van der Waals surface area contributed by atoms with E-state index < -0.39 is 15.3 Å². The predicted molar refractivity (Wildman–Crippen MR) is 86.9 cm³/mol. The Kier molecular flexibility index (Phi) is 3.72. The lowest BCUT2D eigenvalue weighted by Gasteiger charge is -2.22. The number of nitrogens with one attached hydrogen (secondary N) is 1. The average molecular weight is 315 g/mol. The van der Waals surface area contributed by atoms with Crippen LogP contribution in [0, 0.1) is 0 Å². The number of aromatic nitrogens is 2. The first kappa shape index (κ1) is 14.7. The highest BCUT2D eigenvalue weighted by molar-refractivity contribution is 7.89. The van der Waals surface area contributed by atoms with E-state index in [1.807, 2.05) is 48.5 Å². The third-order valence-corrected chi connectivity index (χ3v) is 5.20. The quantitative estimate of drug-likeness (QED) is 0.774. The van der Waals surface area contributed by atoms with E-state index in [-0.39, 0.29) is 5.92 Å². The molecule has 0 amide bonds. The first-order chi connectivity index (χ1) is 10.5. The van der Waals surface area contributed by atoms with Gasteiger partial charge >= 0.3 is 0 Å². The number of H-pyrrole nitrogens is 1. The Morgan fingerprint density at radius 2 is 1.86 bits per heavy atom. The molecule has 114 valence electrons. The van der Waals surface area contributed by atoms with Gasteiger partial charge in [-0.3, -0.25) is 4.98 Å². The van der Waals surface area contributed by atoms with Crippen LogP contribution >= 0.6 is 0 Å². The van der Waals surface area contributed by atoms with Crippen LogP contribution < -0.4 is 5.14 Å². The van der Waals surface area contributed by atoms with Gasteiger partial charge in [0.2, 0.25) is 10.0 Å². The van der Waals surface area contributed by atoms with E-state index in [0.29, 0.717) is 0 Å². The van der Waals surface area contributed by atoms with E-state index in [0.717, 1.165) is 22.3 Å². The van der Waals surface area contributed by atoms with E-state index in [4.69, 9.17) is 5.14 Å². The standard InChI is InChI=1S/C16H17N3O2S/c1-11(22(17,20)21)16(12-6-3-2-4-7-12)15-10-14-13(19-15)8-5-9-18-14/h2-11,16,19H,1H3,(H2,17,20,21). The molecule has 1 aromatic carbocycles. The van der Waals surface area contributed by atoms with Crippen molar-refractivity contribution in [1.82, 2.24) is 9.97 Å². The van der Waals surface area contributed by atoms with Crippen LogP contribution in [0.3, 0.4) is 0 Å². The summed E-state index contributed by atoms with van der Waals surface area (Å²) in [5, 5.41) is 4.64. The number of fused-ring (bicyclic) bond motifs is 1. The van der Waals surface area contributed by atoms with Crippen LogP contribution in [0.2, 0.25) is 0 Å². The van der Waals surface area contributed by atoms with Crippen molar-refractivity contribution in [3.8, 4) is 0 Å². The van der Waals surface area contributed by atoms with Gasteiger partial charge in [0.1, 0.15) is 0 Å². The number of benzene rings is 1. The first-order valence-electron chi connectivity index (χ1n) is 6.97. The normalized spacial score (nSPS) is 14.8. The highest BCUT2D eigenvalue weighted by atomic mass is 32.2. The van der Waals surface area contributed by atoms with E-state index in [2.05, 4.69) is 9.97 Å². The summed E-state index contributed by atoms with van der Waals surface area (Å²) in [6, 6.07) is 15.1. The molecule has 2 heterocycles. The van der Waals surface area contributed by atoms with Gasteiger partial charge in [-0.05, 0) is 30.7 Å². The molecule has 0 spiro atoms. The van der Waals surface area contributed by atoms with Crippen molar-refractivity contribution in [2.24, 2.45) is 5.14 Å². The largest absolute Gasteiger partial charge is 0.357 e. The predicted octanol–water partition coefficient (Wildman–Crippen LogP) is 2.37. The zero-order valence-corrected chi connectivity index (χ0v) is 12.9. The molecule has 6 heteroatoms.